The molecular formula is C17H27NO3. The van der Waals surface area contributed by atoms with Crippen LogP contribution in [0.1, 0.15) is 57.6 Å². The summed E-state index contributed by atoms with van der Waals surface area (Å²) in [5.74, 6) is -0.243. The van der Waals surface area contributed by atoms with Crippen molar-refractivity contribution < 1.29 is 9.53 Å². The van der Waals surface area contributed by atoms with E-state index in [1.54, 1.807) is 10.8 Å². The lowest BCUT2D eigenvalue weighted by atomic mass is 10.1. The van der Waals surface area contributed by atoms with E-state index in [9.17, 15) is 9.59 Å². The van der Waals surface area contributed by atoms with E-state index in [0.717, 1.165) is 18.5 Å². The topological polar surface area (TPSA) is 48.3 Å². The van der Waals surface area contributed by atoms with Gasteiger partial charge in [0.1, 0.15) is 6.54 Å². The smallest absolute Gasteiger partial charge is 0.325 e. The molecule has 0 radical (unpaired) electrons. The van der Waals surface area contributed by atoms with Gasteiger partial charge in [-0.1, -0.05) is 45.4 Å². The first-order valence-corrected chi connectivity index (χ1v) is 7.96. The first-order valence-electron chi connectivity index (χ1n) is 7.96. The van der Waals surface area contributed by atoms with E-state index in [-0.39, 0.29) is 17.9 Å². The lowest BCUT2D eigenvalue weighted by Gasteiger charge is -2.10. The zero-order valence-electron chi connectivity index (χ0n) is 13.3. The first-order chi connectivity index (χ1) is 10.1. The minimum atomic E-state index is -0.243. The fourth-order valence-corrected chi connectivity index (χ4v) is 2.23. The average molecular weight is 293 g/mol. The molecule has 0 spiro atoms. The highest BCUT2D eigenvalue weighted by molar-refractivity contribution is 5.69. The van der Waals surface area contributed by atoms with Crippen LogP contribution in [0.4, 0.5) is 0 Å². The summed E-state index contributed by atoms with van der Waals surface area (Å²) in [5.41, 5.74) is 0.732. The molecule has 0 aliphatic heterocycles. The molecule has 1 rings (SSSR count). The SMILES string of the molecule is CCCCCCCCCOC(=O)Cn1ccc(=O)cc1C. The number of hydrogen-bond donors (Lipinski definition) is 0. The number of unbranched alkanes of at least 4 members (excludes halogenated alkanes) is 6. The van der Waals surface area contributed by atoms with Crippen LogP contribution >= 0.6 is 0 Å². The van der Waals surface area contributed by atoms with E-state index in [2.05, 4.69) is 6.92 Å². The summed E-state index contributed by atoms with van der Waals surface area (Å²) in [6.45, 7) is 4.68. The Labute approximate surface area is 127 Å². The summed E-state index contributed by atoms with van der Waals surface area (Å²) in [4.78, 5) is 22.8. The number of esters is 1. The summed E-state index contributed by atoms with van der Waals surface area (Å²) >= 11 is 0. The highest BCUT2D eigenvalue weighted by atomic mass is 16.5. The molecule has 0 aromatic carbocycles. The van der Waals surface area contributed by atoms with Gasteiger partial charge < -0.3 is 9.30 Å². The van der Waals surface area contributed by atoms with Gasteiger partial charge in [-0.25, -0.2) is 0 Å². The normalized spacial score (nSPS) is 10.6. The molecule has 4 nitrogen and oxygen atoms in total. The van der Waals surface area contributed by atoms with Gasteiger partial charge in [-0.2, -0.15) is 0 Å². The first kappa shape index (κ1) is 17.5. The Morgan fingerprint density at radius 3 is 2.48 bits per heavy atom. The Kier molecular flexibility index (Phi) is 8.48. The second-order valence-corrected chi connectivity index (χ2v) is 5.47. The molecule has 0 atom stereocenters. The van der Waals surface area contributed by atoms with Crippen LogP contribution in [0.2, 0.25) is 0 Å². The molecule has 0 N–H and O–H groups in total. The summed E-state index contributed by atoms with van der Waals surface area (Å²) in [5, 5.41) is 0. The van der Waals surface area contributed by atoms with Crippen LogP contribution in [-0.2, 0) is 16.1 Å². The highest BCUT2D eigenvalue weighted by Crippen LogP contribution is 2.07. The van der Waals surface area contributed by atoms with Crippen molar-refractivity contribution in [3.8, 4) is 0 Å². The molecule has 0 amide bonds. The van der Waals surface area contributed by atoms with Crippen LogP contribution < -0.4 is 5.43 Å². The summed E-state index contributed by atoms with van der Waals surface area (Å²) in [7, 11) is 0. The fraction of sp³-hybridized carbons (Fsp3) is 0.647. The third-order valence-corrected chi connectivity index (χ3v) is 3.53. The van der Waals surface area contributed by atoms with Crippen molar-refractivity contribution in [2.45, 2.75) is 65.3 Å². The number of carbonyl (C=O) groups is 1. The van der Waals surface area contributed by atoms with E-state index >= 15 is 0 Å². The Bertz CT molecular complexity index is 479. The lowest BCUT2D eigenvalue weighted by Crippen LogP contribution is -2.17. The second kappa shape index (κ2) is 10.2. The largest absolute Gasteiger partial charge is 0.464 e. The molecule has 0 aliphatic carbocycles. The predicted molar refractivity (Wildman–Crippen MR) is 84.4 cm³/mol. The Morgan fingerprint density at radius 1 is 1.14 bits per heavy atom. The lowest BCUT2D eigenvalue weighted by molar-refractivity contribution is -0.144. The van der Waals surface area contributed by atoms with Crippen molar-refractivity contribution in [3.05, 3.63) is 34.2 Å². The molecule has 4 heteroatoms. The summed E-state index contributed by atoms with van der Waals surface area (Å²) < 4.78 is 6.95. The molecule has 0 bridgehead atoms. The maximum atomic E-state index is 11.7. The number of nitrogens with zero attached hydrogens (tertiary/aromatic N) is 1. The Balaban J connectivity index is 2.13. The summed E-state index contributed by atoms with van der Waals surface area (Å²) in [6.07, 6.45) is 10.1. The van der Waals surface area contributed by atoms with Crippen LogP contribution in [0.5, 0.6) is 0 Å². The van der Waals surface area contributed by atoms with Crippen LogP contribution in [0, 0.1) is 6.92 Å². The standard InChI is InChI=1S/C17H27NO3/c1-3-4-5-6-7-8-9-12-21-17(20)14-18-11-10-16(19)13-15(18)2/h10-11,13H,3-9,12,14H2,1-2H3. The Hall–Kier alpha value is -1.58. The third-order valence-electron chi connectivity index (χ3n) is 3.53. The van der Waals surface area contributed by atoms with E-state index in [4.69, 9.17) is 4.74 Å². The van der Waals surface area contributed by atoms with Crippen molar-refractivity contribution >= 4 is 5.97 Å². The van der Waals surface area contributed by atoms with Gasteiger partial charge in [-0.05, 0) is 13.3 Å². The van der Waals surface area contributed by atoms with Crippen LogP contribution in [0.3, 0.4) is 0 Å². The number of hydrogen-bond acceptors (Lipinski definition) is 3. The summed E-state index contributed by atoms with van der Waals surface area (Å²) in [6, 6.07) is 2.97. The number of carbonyl (C=O) groups excluding carboxylic acids is 1. The quantitative estimate of drug-likeness (QED) is 0.490. The number of rotatable bonds is 10. The van der Waals surface area contributed by atoms with Gasteiger partial charge in [0.25, 0.3) is 0 Å². The van der Waals surface area contributed by atoms with Crippen molar-refractivity contribution in [3.63, 3.8) is 0 Å². The molecular weight excluding hydrogens is 266 g/mol. The zero-order chi connectivity index (χ0) is 15.5. The van der Waals surface area contributed by atoms with Crippen LogP contribution in [-0.4, -0.2) is 17.1 Å². The molecule has 21 heavy (non-hydrogen) atoms. The molecule has 0 fully saturated rings. The van der Waals surface area contributed by atoms with Gasteiger partial charge in [-0.15, -0.1) is 0 Å². The van der Waals surface area contributed by atoms with E-state index in [0.29, 0.717) is 6.61 Å². The molecule has 118 valence electrons. The maximum Gasteiger partial charge on any atom is 0.325 e. The van der Waals surface area contributed by atoms with Gasteiger partial charge >= 0.3 is 5.97 Å². The van der Waals surface area contributed by atoms with E-state index in [1.165, 1.54) is 44.2 Å². The number of ether oxygens (including phenoxy) is 1. The fourth-order valence-electron chi connectivity index (χ4n) is 2.23. The molecule has 1 heterocycles. The maximum absolute atomic E-state index is 11.7. The van der Waals surface area contributed by atoms with E-state index in [1.807, 2.05) is 6.92 Å². The van der Waals surface area contributed by atoms with Crippen molar-refractivity contribution in [1.29, 1.82) is 0 Å². The number of aryl methyl sites for hydroxylation is 1. The zero-order valence-corrected chi connectivity index (χ0v) is 13.3. The third kappa shape index (κ3) is 7.69. The van der Waals surface area contributed by atoms with Crippen LogP contribution in [0.15, 0.2) is 23.1 Å². The molecule has 0 saturated heterocycles. The molecule has 1 aromatic rings. The van der Waals surface area contributed by atoms with E-state index < -0.39 is 0 Å². The number of aromatic nitrogens is 1. The van der Waals surface area contributed by atoms with Crippen LogP contribution in [0.25, 0.3) is 0 Å². The molecule has 0 unspecified atom stereocenters. The molecule has 1 aromatic heterocycles. The second-order valence-electron chi connectivity index (χ2n) is 5.47. The predicted octanol–water partition coefficient (Wildman–Crippen LogP) is 3.45. The van der Waals surface area contributed by atoms with Gasteiger partial charge in [0.2, 0.25) is 0 Å². The monoisotopic (exact) mass is 293 g/mol. The minimum Gasteiger partial charge on any atom is -0.464 e. The Morgan fingerprint density at radius 2 is 1.81 bits per heavy atom. The average Bonchev–Trinajstić information content (AvgIpc) is 2.45. The van der Waals surface area contributed by atoms with Gasteiger partial charge in [0.05, 0.1) is 6.61 Å². The number of pyridine rings is 1. The van der Waals surface area contributed by atoms with Gasteiger partial charge in [0, 0.05) is 24.0 Å². The van der Waals surface area contributed by atoms with Crippen molar-refractivity contribution in [2.75, 3.05) is 6.61 Å². The van der Waals surface area contributed by atoms with Gasteiger partial charge in [-0.3, -0.25) is 9.59 Å². The van der Waals surface area contributed by atoms with Gasteiger partial charge in [0.15, 0.2) is 5.43 Å². The molecule has 0 aliphatic rings. The molecule has 0 saturated carbocycles. The minimum absolute atomic E-state index is 0.0415. The van der Waals surface area contributed by atoms with Crippen molar-refractivity contribution in [2.24, 2.45) is 0 Å². The highest BCUT2D eigenvalue weighted by Gasteiger charge is 2.05. The van der Waals surface area contributed by atoms with Crippen molar-refractivity contribution in [1.82, 2.24) is 4.57 Å².